The molecule has 0 radical (unpaired) electrons. The molecule has 24 heavy (non-hydrogen) atoms. The summed E-state index contributed by atoms with van der Waals surface area (Å²) in [6, 6.07) is 4.90. The van der Waals surface area contributed by atoms with Crippen molar-refractivity contribution in [1.82, 2.24) is 5.32 Å². The molecule has 4 nitrogen and oxygen atoms in total. The van der Waals surface area contributed by atoms with E-state index in [-0.39, 0.29) is 13.0 Å². The van der Waals surface area contributed by atoms with Gasteiger partial charge in [0.1, 0.15) is 0 Å². The first kappa shape index (κ1) is 18.8. The number of alkyl halides is 3. The van der Waals surface area contributed by atoms with Crippen molar-refractivity contribution in [2.45, 2.75) is 44.3 Å². The fraction of sp³-hybridized carbons (Fsp3) is 0.500. The summed E-state index contributed by atoms with van der Waals surface area (Å²) in [5.74, 6) is -3.00. The molecule has 132 valence electrons. The maximum Gasteiger partial charge on any atom is 0.471 e. The Morgan fingerprint density at radius 3 is 2.71 bits per heavy atom. The molecule has 0 spiro atoms. The van der Waals surface area contributed by atoms with Gasteiger partial charge in [0.25, 0.3) is 0 Å². The van der Waals surface area contributed by atoms with Gasteiger partial charge >= 0.3 is 18.1 Å². The van der Waals surface area contributed by atoms with Crippen LogP contribution in [0.15, 0.2) is 22.7 Å². The predicted octanol–water partition coefficient (Wildman–Crippen LogP) is 3.61. The largest absolute Gasteiger partial charge is 0.471 e. The highest BCUT2D eigenvalue weighted by Gasteiger charge is 2.52. The van der Waals surface area contributed by atoms with Crippen LogP contribution in [0.2, 0.25) is 0 Å². The quantitative estimate of drug-likeness (QED) is 0.599. The number of esters is 1. The summed E-state index contributed by atoms with van der Waals surface area (Å²) in [6.45, 7) is 2.00. The van der Waals surface area contributed by atoms with Crippen molar-refractivity contribution in [1.29, 1.82) is 0 Å². The highest BCUT2D eigenvalue weighted by atomic mass is 79.9. The lowest BCUT2D eigenvalue weighted by Crippen LogP contribution is -2.54. The maximum atomic E-state index is 12.7. The van der Waals surface area contributed by atoms with Crippen molar-refractivity contribution < 1.29 is 27.5 Å². The van der Waals surface area contributed by atoms with E-state index in [9.17, 15) is 22.8 Å². The molecule has 8 heteroatoms. The summed E-state index contributed by atoms with van der Waals surface area (Å²) in [5.41, 5.74) is -0.736. The van der Waals surface area contributed by atoms with Gasteiger partial charge in [-0.1, -0.05) is 35.3 Å². The number of carbonyl (C=O) groups excluding carboxylic acids is 2. The summed E-state index contributed by atoms with van der Waals surface area (Å²) >= 11 is 3.29. The summed E-state index contributed by atoms with van der Waals surface area (Å²) in [4.78, 5) is 24.0. The molecule has 0 aliphatic heterocycles. The van der Waals surface area contributed by atoms with Crippen LogP contribution < -0.4 is 5.32 Å². The smallest absolute Gasteiger partial charge is 0.464 e. The number of hydrogen-bond donors (Lipinski definition) is 1. The van der Waals surface area contributed by atoms with E-state index in [1.54, 1.807) is 18.2 Å². The Morgan fingerprint density at radius 2 is 2.08 bits per heavy atom. The molecule has 1 aromatic carbocycles. The fourth-order valence-corrected chi connectivity index (χ4v) is 3.14. The van der Waals surface area contributed by atoms with Gasteiger partial charge in [-0.2, -0.15) is 13.2 Å². The van der Waals surface area contributed by atoms with Crippen molar-refractivity contribution in [3.8, 4) is 0 Å². The molecule has 1 amide bonds. The molecule has 0 saturated carbocycles. The van der Waals surface area contributed by atoms with Gasteiger partial charge in [0.15, 0.2) is 5.54 Å². The number of benzene rings is 1. The predicted molar refractivity (Wildman–Crippen MR) is 84.2 cm³/mol. The van der Waals surface area contributed by atoms with Gasteiger partial charge in [0, 0.05) is 4.47 Å². The Morgan fingerprint density at radius 1 is 1.38 bits per heavy atom. The van der Waals surface area contributed by atoms with E-state index in [0.717, 1.165) is 10.9 Å². The lowest BCUT2D eigenvalue weighted by molar-refractivity contribution is -0.178. The van der Waals surface area contributed by atoms with E-state index >= 15 is 0 Å². The van der Waals surface area contributed by atoms with Crippen LogP contribution in [0, 0.1) is 0 Å². The third-order valence-corrected chi connectivity index (χ3v) is 4.45. The molecule has 0 aromatic heterocycles. The minimum Gasteiger partial charge on any atom is -0.464 e. The van der Waals surface area contributed by atoms with Gasteiger partial charge in [-0.15, -0.1) is 0 Å². The fourth-order valence-electron chi connectivity index (χ4n) is 2.73. The van der Waals surface area contributed by atoms with Crippen LogP contribution in [0.4, 0.5) is 13.2 Å². The molecule has 0 saturated heterocycles. The first-order valence-electron chi connectivity index (χ1n) is 7.56. The van der Waals surface area contributed by atoms with Gasteiger partial charge in [0.2, 0.25) is 0 Å². The topological polar surface area (TPSA) is 55.4 Å². The van der Waals surface area contributed by atoms with Gasteiger partial charge in [0.05, 0.1) is 6.61 Å². The molecule has 1 N–H and O–H groups in total. The average molecular weight is 408 g/mol. The van der Waals surface area contributed by atoms with Crippen molar-refractivity contribution in [3.05, 3.63) is 33.8 Å². The zero-order chi connectivity index (χ0) is 18.0. The van der Waals surface area contributed by atoms with Crippen molar-refractivity contribution >= 4 is 27.8 Å². The number of fused-ring (bicyclic) bond motifs is 1. The van der Waals surface area contributed by atoms with Crippen LogP contribution in [0.3, 0.4) is 0 Å². The highest BCUT2D eigenvalue weighted by molar-refractivity contribution is 9.10. The third-order valence-electron chi connectivity index (χ3n) is 3.96. The van der Waals surface area contributed by atoms with Crippen molar-refractivity contribution in [2.24, 2.45) is 0 Å². The number of rotatable bonds is 5. The van der Waals surface area contributed by atoms with Crippen LogP contribution in [0.5, 0.6) is 0 Å². The number of nitrogens with one attached hydrogen (secondary N) is 1. The lowest BCUT2D eigenvalue weighted by atomic mass is 9.91. The Bertz CT molecular complexity index is 648. The zero-order valence-corrected chi connectivity index (χ0v) is 14.6. The molecule has 2 rings (SSSR count). The molecule has 1 aromatic rings. The minimum atomic E-state index is -5.07. The number of halogens is 4. The zero-order valence-electron chi connectivity index (χ0n) is 13.0. The number of aryl methyl sites for hydroxylation is 1. The van der Waals surface area contributed by atoms with E-state index in [4.69, 9.17) is 4.74 Å². The molecule has 1 aliphatic rings. The van der Waals surface area contributed by atoms with E-state index in [1.165, 1.54) is 0 Å². The summed E-state index contributed by atoms with van der Waals surface area (Å²) in [7, 11) is 0. The normalized spacial score (nSPS) is 19.7. The first-order valence-corrected chi connectivity index (χ1v) is 8.35. The molecule has 0 unspecified atom stereocenters. The Labute approximate surface area is 145 Å². The Kier molecular flexibility index (Phi) is 5.57. The summed E-state index contributed by atoms with van der Waals surface area (Å²) in [5, 5.41) is 1.88. The second kappa shape index (κ2) is 7.13. The monoisotopic (exact) mass is 407 g/mol. The number of ether oxygens (including phenoxy) is 1. The Hall–Kier alpha value is -1.57. The second-order valence-electron chi connectivity index (χ2n) is 5.65. The van der Waals surface area contributed by atoms with Crippen molar-refractivity contribution in [2.75, 3.05) is 6.61 Å². The molecular weight excluding hydrogens is 391 g/mol. The number of unbranched alkanes of at least 4 members (excludes halogenated alkanes) is 1. The van der Waals surface area contributed by atoms with Crippen molar-refractivity contribution in [3.63, 3.8) is 0 Å². The van der Waals surface area contributed by atoms with Crippen LogP contribution in [-0.2, 0) is 26.3 Å². The van der Waals surface area contributed by atoms with Crippen LogP contribution >= 0.6 is 15.9 Å². The van der Waals surface area contributed by atoms with E-state index in [2.05, 4.69) is 15.9 Å². The number of amides is 1. The van der Waals surface area contributed by atoms with Crippen LogP contribution in [0.25, 0.3) is 0 Å². The van der Waals surface area contributed by atoms with Gasteiger partial charge in [-0.05, 0) is 42.5 Å². The number of hydrogen-bond acceptors (Lipinski definition) is 3. The van der Waals surface area contributed by atoms with Crippen LogP contribution in [-0.4, -0.2) is 24.7 Å². The molecule has 0 bridgehead atoms. The third kappa shape index (κ3) is 3.74. The molecule has 1 atom stereocenters. The summed E-state index contributed by atoms with van der Waals surface area (Å²) in [6.07, 6.45) is -3.29. The standard InChI is InChI=1S/C16H17BrF3NO3/c1-2-3-8-24-14(23)15(21-13(22)16(18,19)20)7-6-10-9-11(17)4-5-12(10)15/h4-5,9H,2-3,6-8H2,1H3,(H,21,22)/t15-/m0/s1. The molecule has 0 fully saturated rings. The molecule has 0 heterocycles. The minimum absolute atomic E-state index is 0.0333. The van der Waals surface area contributed by atoms with E-state index < -0.39 is 23.6 Å². The Balaban J connectivity index is 2.37. The van der Waals surface area contributed by atoms with Gasteiger partial charge in [-0.3, -0.25) is 4.79 Å². The second-order valence-corrected chi connectivity index (χ2v) is 6.56. The first-order chi connectivity index (χ1) is 11.2. The summed E-state index contributed by atoms with van der Waals surface area (Å²) < 4.78 is 44.0. The molecular formula is C16H17BrF3NO3. The SMILES string of the molecule is CCCCOC(=O)[C@]1(NC(=O)C(F)(F)F)CCc2cc(Br)ccc21. The van der Waals surface area contributed by atoms with Crippen LogP contribution in [0.1, 0.15) is 37.3 Å². The maximum absolute atomic E-state index is 12.7. The van der Waals surface area contributed by atoms with E-state index in [1.807, 2.05) is 12.2 Å². The number of carbonyl (C=O) groups is 2. The van der Waals surface area contributed by atoms with E-state index in [0.29, 0.717) is 24.0 Å². The lowest BCUT2D eigenvalue weighted by Gasteiger charge is -2.29. The van der Waals surface area contributed by atoms with Gasteiger partial charge < -0.3 is 10.1 Å². The average Bonchev–Trinajstić information content (AvgIpc) is 2.85. The molecule has 1 aliphatic carbocycles. The van der Waals surface area contributed by atoms with Gasteiger partial charge in [-0.25, -0.2) is 4.79 Å². The highest BCUT2D eigenvalue weighted by Crippen LogP contribution is 2.40.